The smallest absolute Gasteiger partial charge is 0.137 e. The lowest BCUT2D eigenvalue weighted by molar-refractivity contribution is 0.00983. The van der Waals surface area contributed by atoms with E-state index < -0.39 is 0 Å². The van der Waals surface area contributed by atoms with Gasteiger partial charge in [0.05, 0.1) is 11.8 Å². The third kappa shape index (κ3) is 2.70. The van der Waals surface area contributed by atoms with Gasteiger partial charge in [0.1, 0.15) is 5.65 Å². The standard InChI is InChI=1S/C15H22N4O/c1-20-14-5-7-18(13(8-14)9-16)10-12-11-19-6-3-2-4-15(19)17-12/h2-4,6,11,13-14H,5,7-10,16H2,1H3. The molecule has 5 nitrogen and oxygen atoms in total. The maximum Gasteiger partial charge on any atom is 0.137 e. The number of nitrogens with two attached hydrogens (primary N) is 1. The number of ether oxygens (including phenoxy) is 1. The number of fused-ring (bicyclic) bond motifs is 1. The zero-order valence-electron chi connectivity index (χ0n) is 11.9. The Balaban J connectivity index is 1.73. The molecule has 20 heavy (non-hydrogen) atoms. The van der Waals surface area contributed by atoms with E-state index in [0.717, 1.165) is 37.3 Å². The van der Waals surface area contributed by atoms with Crippen LogP contribution in [-0.4, -0.2) is 46.6 Å². The zero-order chi connectivity index (χ0) is 13.9. The summed E-state index contributed by atoms with van der Waals surface area (Å²) in [4.78, 5) is 7.09. The number of likely N-dealkylation sites (tertiary alicyclic amines) is 1. The number of hydrogen-bond acceptors (Lipinski definition) is 4. The molecule has 1 fully saturated rings. The number of hydrogen-bond donors (Lipinski definition) is 1. The normalized spacial score (nSPS) is 24.3. The molecule has 2 aromatic heterocycles. The van der Waals surface area contributed by atoms with Crippen LogP contribution < -0.4 is 5.73 Å². The molecule has 5 heteroatoms. The van der Waals surface area contributed by atoms with Gasteiger partial charge in [0.15, 0.2) is 0 Å². The van der Waals surface area contributed by atoms with Crippen LogP contribution in [-0.2, 0) is 11.3 Å². The van der Waals surface area contributed by atoms with Gasteiger partial charge in [0.2, 0.25) is 0 Å². The van der Waals surface area contributed by atoms with Crippen molar-refractivity contribution in [3.63, 3.8) is 0 Å². The Kier molecular flexibility index (Phi) is 4.00. The molecule has 0 amide bonds. The summed E-state index contributed by atoms with van der Waals surface area (Å²) in [5.41, 5.74) is 8.02. The molecular formula is C15H22N4O. The number of pyridine rings is 1. The van der Waals surface area contributed by atoms with E-state index >= 15 is 0 Å². The highest BCUT2D eigenvalue weighted by atomic mass is 16.5. The van der Waals surface area contributed by atoms with Crippen molar-refractivity contribution in [1.29, 1.82) is 0 Å². The SMILES string of the molecule is COC1CCN(Cc2cn3ccccc3n2)C(CN)C1. The average molecular weight is 274 g/mol. The van der Waals surface area contributed by atoms with E-state index in [-0.39, 0.29) is 0 Å². The molecule has 2 unspecified atom stereocenters. The van der Waals surface area contributed by atoms with Crippen LogP contribution in [0.25, 0.3) is 5.65 Å². The molecular weight excluding hydrogens is 252 g/mol. The van der Waals surface area contributed by atoms with Crippen molar-refractivity contribution in [2.24, 2.45) is 5.73 Å². The van der Waals surface area contributed by atoms with Crippen molar-refractivity contribution in [3.05, 3.63) is 36.3 Å². The fourth-order valence-corrected chi connectivity index (χ4v) is 3.00. The fourth-order valence-electron chi connectivity index (χ4n) is 3.00. The average Bonchev–Trinajstić information content (AvgIpc) is 2.90. The molecule has 3 heterocycles. The topological polar surface area (TPSA) is 55.8 Å². The summed E-state index contributed by atoms with van der Waals surface area (Å²) in [6.07, 6.45) is 6.57. The Hall–Kier alpha value is -1.43. The van der Waals surface area contributed by atoms with E-state index in [1.807, 2.05) is 24.4 Å². The second kappa shape index (κ2) is 5.91. The summed E-state index contributed by atoms with van der Waals surface area (Å²) in [6.45, 7) is 2.56. The van der Waals surface area contributed by atoms with Gasteiger partial charge < -0.3 is 14.9 Å². The van der Waals surface area contributed by atoms with E-state index in [2.05, 4.69) is 20.5 Å². The zero-order valence-corrected chi connectivity index (χ0v) is 11.9. The molecule has 0 aliphatic carbocycles. The molecule has 0 aromatic carbocycles. The molecule has 0 spiro atoms. The second-order valence-corrected chi connectivity index (χ2v) is 5.44. The number of piperidine rings is 1. The Morgan fingerprint density at radius 1 is 1.45 bits per heavy atom. The van der Waals surface area contributed by atoms with Gasteiger partial charge in [-0.3, -0.25) is 4.90 Å². The largest absolute Gasteiger partial charge is 0.381 e. The van der Waals surface area contributed by atoms with E-state index in [1.54, 1.807) is 7.11 Å². The molecule has 1 saturated heterocycles. The minimum absolute atomic E-state index is 0.348. The van der Waals surface area contributed by atoms with Crippen LogP contribution in [0.15, 0.2) is 30.6 Å². The van der Waals surface area contributed by atoms with Crippen molar-refractivity contribution in [1.82, 2.24) is 14.3 Å². The molecule has 3 rings (SSSR count). The molecule has 2 aromatic rings. The summed E-state index contributed by atoms with van der Waals surface area (Å²) >= 11 is 0. The number of rotatable bonds is 4. The summed E-state index contributed by atoms with van der Waals surface area (Å²) in [6, 6.07) is 6.45. The van der Waals surface area contributed by atoms with Crippen molar-refractivity contribution in [2.75, 3.05) is 20.2 Å². The number of imidazole rings is 1. The summed E-state index contributed by atoms with van der Waals surface area (Å²) in [5.74, 6) is 0. The number of nitrogens with zero attached hydrogens (tertiary/aromatic N) is 3. The monoisotopic (exact) mass is 274 g/mol. The van der Waals surface area contributed by atoms with Crippen LogP contribution in [0.3, 0.4) is 0 Å². The first kappa shape index (κ1) is 13.5. The van der Waals surface area contributed by atoms with Gasteiger partial charge in [-0.2, -0.15) is 0 Å². The van der Waals surface area contributed by atoms with Crippen molar-refractivity contribution < 1.29 is 4.74 Å². The molecule has 0 bridgehead atoms. The van der Waals surface area contributed by atoms with E-state index in [1.165, 1.54) is 0 Å². The van der Waals surface area contributed by atoms with Gasteiger partial charge in [-0.1, -0.05) is 6.07 Å². The number of aromatic nitrogens is 2. The highest BCUT2D eigenvalue weighted by molar-refractivity contribution is 5.39. The third-order valence-corrected chi connectivity index (χ3v) is 4.17. The summed E-state index contributed by atoms with van der Waals surface area (Å²) < 4.78 is 7.53. The van der Waals surface area contributed by atoms with Gasteiger partial charge in [0.25, 0.3) is 0 Å². The Morgan fingerprint density at radius 3 is 3.10 bits per heavy atom. The minimum atomic E-state index is 0.348. The van der Waals surface area contributed by atoms with E-state index in [0.29, 0.717) is 18.7 Å². The van der Waals surface area contributed by atoms with Crippen LogP contribution in [0, 0.1) is 0 Å². The fraction of sp³-hybridized carbons (Fsp3) is 0.533. The van der Waals surface area contributed by atoms with Crippen molar-refractivity contribution in [3.8, 4) is 0 Å². The van der Waals surface area contributed by atoms with Crippen LogP contribution in [0.2, 0.25) is 0 Å². The molecule has 1 aliphatic heterocycles. The first-order chi connectivity index (χ1) is 9.80. The van der Waals surface area contributed by atoms with Gasteiger partial charge in [-0.05, 0) is 25.0 Å². The van der Waals surface area contributed by atoms with Crippen LogP contribution in [0.1, 0.15) is 18.5 Å². The molecule has 108 valence electrons. The van der Waals surface area contributed by atoms with Crippen LogP contribution >= 0.6 is 0 Å². The Morgan fingerprint density at radius 2 is 2.35 bits per heavy atom. The summed E-state index contributed by atoms with van der Waals surface area (Å²) in [7, 11) is 1.79. The molecule has 1 aliphatic rings. The maximum absolute atomic E-state index is 5.92. The molecule has 2 N–H and O–H groups in total. The second-order valence-electron chi connectivity index (χ2n) is 5.44. The molecule has 2 atom stereocenters. The summed E-state index contributed by atoms with van der Waals surface area (Å²) in [5, 5.41) is 0. The van der Waals surface area contributed by atoms with Gasteiger partial charge in [-0.25, -0.2) is 4.98 Å². The first-order valence-electron chi connectivity index (χ1n) is 7.19. The predicted molar refractivity (Wildman–Crippen MR) is 78.5 cm³/mol. The maximum atomic E-state index is 5.92. The van der Waals surface area contributed by atoms with Crippen molar-refractivity contribution in [2.45, 2.75) is 31.5 Å². The minimum Gasteiger partial charge on any atom is -0.381 e. The Labute approximate surface area is 119 Å². The highest BCUT2D eigenvalue weighted by Crippen LogP contribution is 2.21. The van der Waals surface area contributed by atoms with Crippen molar-refractivity contribution >= 4 is 5.65 Å². The predicted octanol–water partition coefficient (Wildman–Crippen LogP) is 1.27. The number of methoxy groups -OCH3 is 1. The van der Waals surface area contributed by atoms with Gasteiger partial charge in [0, 0.05) is 45.2 Å². The van der Waals surface area contributed by atoms with E-state index in [4.69, 9.17) is 10.5 Å². The van der Waals surface area contributed by atoms with Crippen LogP contribution in [0.5, 0.6) is 0 Å². The van der Waals surface area contributed by atoms with Crippen LogP contribution in [0.4, 0.5) is 0 Å². The van der Waals surface area contributed by atoms with Gasteiger partial charge in [-0.15, -0.1) is 0 Å². The lowest BCUT2D eigenvalue weighted by Gasteiger charge is -2.38. The van der Waals surface area contributed by atoms with Gasteiger partial charge >= 0.3 is 0 Å². The lowest BCUT2D eigenvalue weighted by atomic mass is 9.99. The Bertz CT molecular complexity index is 535. The molecule has 0 saturated carbocycles. The quantitative estimate of drug-likeness (QED) is 0.912. The first-order valence-corrected chi connectivity index (χ1v) is 7.19. The molecule has 0 radical (unpaired) electrons. The lowest BCUT2D eigenvalue weighted by Crippen LogP contribution is -2.48. The van der Waals surface area contributed by atoms with E-state index in [9.17, 15) is 0 Å². The highest BCUT2D eigenvalue weighted by Gasteiger charge is 2.27. The third-order valence-electron chi connectivity index (χ3n) is 4.17.